The first-order valence-corrected chi connectivity index (χ1v) is 7.36. The number of hydrogen-bond donors (Lipinski definition) is 2. The number of nitrogens with zero attached hydrogens (tertiary/aromatic N) is 1. The summed E-state index contributed by atoms with van der Waals surface area (Å²) in [5.41, 5.74) is 1.84. The second-order valence-corrected chi connectivity index (χ2v) is 5.16. The van der Waals surface area contributed by atoms with E-state index in [1.807, 2.05) is 24.3 Å². The van der Waals surface area contributed by atoms with Gasteiger partial charge in [-0.15, -0.1) is 0 Å². The Morgan fingerprint density at radius 3 is 2.54 bits per heavy atom. The Morgan fingerprint density at radius 2 is 1.96 bits per heavy atom. The van der Waals surface area contributed by atoms with Gasteiger partial charge in [0.05, 0.1) is 12.0 Å². The lowest BCUT2D eigenvalue weighted by Gasteiger charge is -2.12. The molecule has 0 aliphatic rings. The maximum absolute atomic E-state index is 11.2. The van der Waals surface area contributed by atoms with Crippen molar-refractivity contribution in [3.8, 4) is 5.75 Å². The number of anilines is 1. The predicted octanol–water partition coefficient (Wildman–Crippen LogP) is 3.23. The third kappa shape index (κ3) is 4.45. The fraction of sp³-hybridized carbons (Fsp3) is 0.235. The summed E-state index contributed by atoms with van der Waals surface area (Å²) in [6, 6.07) is 12.0. The molecule has 0 fully saturated rings. The normalized spacial score (nSPS) is 10.2. The molecular formula is C17H18N2O5. The molecule has 2 aromatic rings. The Bertz CT molecular complexity index is 728. The van der Waals surface area contributed by atoms with Gasteiger partial charge in [-0.3, -0.25) is 14.9 Å². The van der Waals surface area contributed by atoms with Crippen LogP contribution in [0.4, 0.5) is 11.4 Å². The zero-order chi connectivity index (χ0) is 17.5. The van der Waals surface area contributed by atoms with E-state index in [1.165, 1.54) is 6.07 Å². The Labute approximate surface area is 139 Å². The maximum atomic E-state index is 11.2. The summed E-state index contributed by atoms with van der Waals surface area (Å²) >= 11 is 0. The summed E-state index contributed by atoms with van der Waals surface area (Å²) in [4.78, 5) is 21.5. The molecule has 0 amide bonds. The highest BCUT2D eigenvalue weighted by Gasteiger charge is 2.17. The number of para-hydroxylation sites is 1. The molecule has 0 unspecified atom stereocenters. The van der Waals surface area contributed by atoms with Crippen LogP contribution in [-0.2, 0) is 17.8 Å². The van der Waals surface area contributed by atoms with E-state index in [2.05, 4.69) is 5.32 Å². The van der Waals surface area contributed by atoms with E-state index in [4.69, 9.17) is 9.84 Å². The predicted molar refractivity (Wildman–Crippen MR) is 89.4 cm³/mol. The molecule has 0 atom stereocenters. The van der Waals surface area contributed by atoms with E-state index in [0.717, 1.165) is 11.3 Å². The Hall–Kier alpha value is -3.09. The molecule has 2 rings (SSSR count). The van der Waals surface area contributed by atoms with Gasteiger partial charge < -0.3 is 15.2 Å². The monoisotopic (exact) mass is 330 g/mol. The molecular weight excluding hydrogens is 312 g/mol. The lowest BCUT2D eigenvalue weighted by atomic mass is 10.1. The van der Waals surface area contributed by atoms with Gasteiger partial charge in [-0.05, 0) is 29.7 Å². The van der Waals surface area contributed by atoms with E-state index in [0.29, 0.717) is 17.8 Å². The van der Waals surface area contributed by atoms with Crippen LogP contribution in [0.15, 0.2) is 42.5 Å². The summed E-state index contributed by atoms with van der Waals surface area (Å²) in [5.74, 6) is -0.214. The van der Waals surface area contributed by atoms with Crippen LogP contribution in [0.3, 0.4) is 0 Å². The average Bonchev–Trinajstić information content (AvgIpc) is 2.58. The van der Waals surface area contributed by atoms with Crippen molar-refractivity contribution in [1.29, 1.82) is 0 Å². The van der Waals surface area contributed by atoms with Gasteiger partial charge in [0.25, 0.3) is 5.69 Å². The quantitative estimate of drug-likeness (QED) is 0.569. The third-order valence-electron chi connectivity index (χ3n) is 3.56. The highest BCUT2D eigenvalue weighted by Crippen LogP contribution is 2.30. The number of hydrogen-bond acceptors (Lipinski definition) is 5. The molecule has 0 aromatic heterocycles. The van der Waals surface area contributed by atoms with E-state index < -0.39 is 10.9 Å². The molecule has 0 saturated carbocycles. The van der Waals surface area contributed by atoms with E-state index in [-0.39, 0.29) is 18.5 Å². The second-order valence-electron chi connectivity index (χ2n) is 5.16. The lowest BCUT2D eigenvalue weighted by Crippen LogP contribution is -2.07. The standard InChI is InChI=1S/C17H18N2O5/c1-24-14-8-5-12(6-9-14)11-18-17-13(7-10-16(20)21)3-2-4-15(17)19(22)23/h2-6,8-9,18H,7,10-11H2,1H3,(H,20,21). The van der Waals surface area contributed by atoms with Gasteiger partial charge in [0.15, 0.2) is 0 Å². The summed E-state index contributed by atoms with van der Waals surface area (Å²) in [6.07, 6.45) is 0.139. The molecule has 0 radical (unpaired) electrons. The molecule has 2 N–H and O–H groups in total. The summed E-state index contributed by atoms with van der Waals surface area (Å²) < 4.78 is 5.09. The van der Waals surface area contributed by atoms with Crippen molar-refractivity contribution in [2.24, 2.45) is 0 Å². The van der Waals surface area contributed by atoms with Crippen molar-refractivity contribution >= 4 is 17.3 Å². The zero-order valence-corrected chi connectivity index (χ0v) is 13.2. The van der Waals surface area contributed by atoms with Gasteiger partial charge in [-0.2, -0.15) is 0 Å². The van der Waals surface area contributed by atoms with Crippen LogP contribution >= 0.6 is 0 Å². The number of carboxylic acids is 1. The molecule has 2 aromatic carbocycles. The molecule has 0 bridgehead atoms. The zero-order valence-electron chi connectivity index (χ0n) is 13.2. The fourth-order valence-corrected chi connectivity index (χ4v) is 2.33. The molecule has 0 saturated heterocycles. The second kappa shape index (κ2) is 7.96. The number of carbonyl (C=O) groups is 1. The smallest absolute Gasteiger partial charge is 0.303 e. The number of nitro benzene ring substituents is 1. The van der Waals surface area contributed by atoms with E-state index in [9.17, 15) is 14.9 Å². The Balaban J connectivity index is 2.21. The van der Waals surface area contributed by atoms with E-state index in [1.54, 1.807) is 19.2 Å². The van der Waals surface area contributed by atoms with Gasteiger partial charge in [0.1, 0.15) is 11.4 Å². The van der Waals surface area contributed by atoms with Crippen LogP contribution in [0.1, 0.15) is 17.5 Å². The van der Waals surface area contributed by atoms with Gasteiger partial charge in [0.2, 0.25) is 0 Å². The third-order valence-corrected chi connectivity index (χ3v) is 3.56. The lowest BCUT2D eigenvalue weighted by molar-refractivity contribution is -0.384. The molecule has 24 heavy (non-hydrogen) atoms. The first kappa shape index (κ1) is 17.3. The first-order valence-electron chi connectivity index (χ1n) is 7.36. The first-order chi connectivity index (χ1) is 11.5. The number of benzene rings is 2. The Morgan fingerprint density at radius 1 is 1.25 bits per heavy atom. The largest absolute Gasteiger partial charge is 0.497 e. The van der Waals surface area contributed by atoms with Gasteiger partial charge in [-0.1, -0.05) is 24.3 Å². The minimum absolute atomic E-state index is 0.0635. The highest BCUT2D eigenvalue weighted by atomic mass is 16.6. The van der Waals surface area contributed by atoms with Crippen LogP contribution in [0.25, 0.3) is 0 Å². The van der Waals surface area contributed by atoms with Crippen LogP contribution < -0.4 is 10.1 Å². The molecule has 0 heterocycles. The number of nitrogens with one attached hydrogen (secondary N) is 1. The van der Waals surface area contributed by atoms with E-state index >= 15 is 0 Å². The molecule has 7 heteroatoms. The number of ether oxygens (including phenoxy) is 1. The van der Waals surface area contributed by atoms with Gasteiger partial charge in [0, 0.05) is 19.0 Å². The number of aliphatic carboxylic acids is 1. The highest BCUT2D eigenvalue weighted by molar-refractivity contribution is 5.70. The van der Waals surface area contributed by atoms with Crippen molar-refractivity contribution in [3.63, 3.8) is 0 Å². The summed E-state index contributed by atoms with van der Waals surface area (Å²) in [5, 5.41) is 23.1. The molecule has 126 valence electrons. The number of methoxy groups -OCH3 is 1. The number of rotatable bonds is 8. The summed E-state index contributed by atoms with van der Waals surface area (Å²) in [7, 11) is 1.58. The van der Waals surface area contributed by atoms with Crippen molar-refractivity contribution in [2.75, 3.05) is 12.4 Å². The summed E-state index contributed by atoms with van der Waals surface area (Å²) in [6.45, 7) is 0.384. The number of carboxylic acid groups (broad SMARTS) is 1. The Kier molecular flexibility index (Phi) is 5.73. The van der Waals surface area contributed by atoms with Crippen molar-refractivity contribution in [2.45, 2.75) is 19.4 Å². The van der Waals surface area contributed by atoms with Crippen LogP contribution in [0.2, 0.25) is 0 Å². The molecule has 0 spiro atoms. The average molecular weight is 330 g/mol. The topological polar surface area (TPSA) is 102 Å². The van der Waals surface area contributed by atoms with Crippen LogP contribution in [-0.4, -0.2) is 23.1 Å². The van der Waals surface area contributed by atoms with Crippen molar-refractivity contribution in [3.05, 3.63) is 63.7 Å². The molecule has 7 nitrogen and oxygen atoms in total. The molecule has 0 aliphatic heterocycles. The van der Waals surface area contributed by atoms with Gasteiger partial charge >= 0.3 is 5.97 Å². The molecule has 0 aliphatic carbocycles. The number of nitro groups is 1. The minimum atomic E-state index is -0.942. The maximum Gasteiger partial charge on any atom is 0.303 e. The van der Waals surface area contributed by atoms with Crippen molar-refractivity contribution < 1.29 is 19.6 Å². The van der Waals surface area contributed by atoms with Gasteiger partial charge in [-0.25, -0.2) is 0 Å². The van der Waals surface area contributed by atoms with Crippen molar-refractivity contribution in [1.82, 2.24) is 0 Å². The fourth-order valence-electron chi connectivity index (χ4n) is 2.33. The SMILES string of the molecule is COc1ccc(CNc2c(CCC(=O)O)cccc2[N+](=O)[O-])cc1. The number of aryl methyl sites for hydroxylation is 1. The minimum Gasteiger partial charge on any atom is -0.497 e. The van der Waals surface area contributed by atoms with Crippen LogP contribution in [0.5, 0.6) is 5.75 Å². The van der Waals surface area contributed by atoms with Crippen LogP contribution in [0, 0.1) is 10.1 Å².